The molecule has 0 saturated carbocycles. The number of hydrogen-bond donors (Lipinski definition) is 2. The van der Waals surface area contributed by atoms with Gasteiger partial charge in [0.25, 0.3) is 0 Å². The minimum absolute atomic E-state index is 0.105. The molecule has 0 aromatic heterocycles. The van der Waals surface area contributed by atoms with Crippen LogP contribution in [-0.4, -0.2) is 12.5 Å². The number of rotatable bonds is 4. The number of amides is 1. The molecule has 4 heteroatoms. The lowest BCUT2D eigenvalue weighted by molar-refractivity contribution is -0.114. The second kappa shape index (κ2) is 6.84. The van der Waals surface area contributed by atoms with Gasteiger partial charge in [0.05, 0.1) is 17.3 Å². The lowest BCUT2D eigenvalue weighted by Gasteiger charge is -2.19. The topological polar surface area (TPSA) is 41.1 Å². The summed E-state index contributed by atoms with van der Waals surface area (Å²) in [4.78, 5) is 12.0. The molecule has 2 N–H and O–H groups in total. The fraction of sp³-hybridized carbons (Fsp3) is 0.278. The zero-order valence-corrected chi connectivity index (χ0v) is 13.9. The second-order valence-corrected chi connectivity index (χ2v) is 6.62. The maximum atomic E-state index is 12.0. The van der Waals surface area contributed by atoms with Crippen LogP contribution in [0.2, 0.25) is 5.02 Å². The molecule has 0 heterocycles. The van der Waals surface area contributed by atoms with Crippen LogP contribution in [0.3, 0.4) is 0 Å². The molecule has 0 aliphatic heterocycles. The first-order chi connectivity index (χ1) is 10.4. The molecule has 2 aromatic rings. The first kappa shape index (κ1) is 16.4. The number of para-hydroxylation sites is 1. The summed E-state index contributed by atoms with van der Waals surface area (Å²) in [6.07, 6.45) is 0. The third-order valence-electron chi connectivity index (χ3n) is 3.35. The Morgan fingerprint density at radius 1 is 1.05 bits per heavy atom. The Labute approximate surface area is 136 Å². The first-order valence-electron chi connectivity index (χ1n) is 7.25. The molecule has 2 aromatic carbocycles. The highest BCUT2D eigenvalue weighted by Crippen LogP contribution is 2.23. The van der Waals surface area contributed by atoms with E-state index < -0.39 is 0 Å². The maximum absolute atomic E-state index is 12.0. The number of nitrogens with one attached hydrogen (secondary N) is 2. The molecule has 0 radical (unpaired) electrons. The molecule has 0 unspecified atom stereocenters. The molecule has 2 rings (SSSR count). The van der Waals surface area contributed by atoms with Crippen molar-refractivity contribution in [3.8, 4) is 0 Å². The van der Waals surface area contributed by atoms with Crippen molar-refractivity contribution < 1.29 is 4.79 Å². The van der Waals surface area contributed by atoms with Crippen molar-refractivity contribution in [2.75, 3.05) is 17.2 Å². The number of carbonyl (C=O) groups is 1. The molecule has 3 nitrogen and oxygen atoms in total. The average Bonchev–Trinajstić information content (AvgIpc) is 2.46. The van der Waals surface area contributed by atoms with Crippen molar-refractivity contribution in [2.45, 2.75) is 26.2 Å². The van der Waals surface area contributed by atoms with Crippen LogP contribution in [0.25, 0.3) is 0 Å². The Morgan fingerprint density at radius 3 is 2.27 bits per heavy atom. The molecular weight excluding hydrogens is 296 g/mol. The highest BCUT2D eigenvalue weighted by molar-refractivity contribution is 6.33. The molecule has 0 saturated heterocycles. The standard InChI is InChI=1S/C18H21ClN2O/c1-18(2,3)13-8-10-14(11-9-13)21-17(22)12-20-16-7-5-4-6-15(16)19/h4-11,20H,12H2,1-3H3,(H,21,22). The number of halogens is 1. The fourth-order valence-corrected chi connectivity index (χ4v) is 2.24. The fourth-order valence-electron chi connectivity index (χ4n) is 2.04. The van der Waals surface area contributed by atoms with Gasteiger partial charge in [-0.1, -0.05) is 56.6 Å². The van der Waals surface area contributed by atoms with Gasteiger partial charge in [-0.25, -0.2) is 0 Å². The van der Waals surface area contributed by atoms with Crippen molar-refractivity contribution in [1.82, 2.24) is 0 Å². The third kappa shape index (κ3) is 4.50. The monoisotopic (exact) mass is 316 g/mol. The molecule has 0 aliphatic carbocycles. The molecule has 22 heavy (non-hydrogen) atoms. The van der Waals surface area contributed by atoms with Gasteiger partial charge in [-0.3, -0.25) is 4.79 Å². The first-order valence-corrected chi connectivity index (χ1v) is 7.63. The van der Waals surface area contributed by atoms with Gasteiger partial charge >= 0.3 is 0 Å². The summed E-state index contributed by atoms with van der Waals surface area (Å²) in [7, 11) is 0. The second-order valence-electron chi connectivity index (χ2n) is 6.21. The largest absolute Gasteiger partial charge is 0.375 e. The highest BCUT2D eigenvalue weighted by atomic mass is 35.5. The van der Waals surface area contributed by atoms with Gasteiger partial charge in [-0.2, -0.15) is 0 Å². The van der Waals surface area contributed by atoms with E-state index in [1.54, 1.807) is 6.07 Å². The number of hydrogen-bond acceptors (Lipinski definition) is 2. The van der Waals surface area contributed by atoms with E-state index >= 15 is 0 Å². The van der Waals surface area contributed by atoms with E-state index in [2.05, 4.69) is 31.4 Å². The predicted molar refractivity (Wildman–Crippen MR) is 93.7 cm³/mol. The minimum atomic E-state index is -0.108. The highest BCUT2D eigenvalue weighted by Gasteiger charge is 2.13. The van der Waals surface area contributed by atoms with E-state index in [-0.39, 0.29) is 17.9 Å². The van der Waals surface area contributed by atoms with Gasteiger partial charge in [-0.15, -0.1) is 0 Å². The van der Waals surface area contributed by atoms with Gasteiger partial charge in [0, 0.05) is 5.69 Å². The Bertz CT molecular complexity index is 645. The molecule has 0 bridgehead atoms. The summed E-state index contributed by atoms with van der Waals surface area (Å²) in [5, 5.41) is 6.49. The van der Waals surface area contributed by atoms with Crippen LogP contribution in [0, 0.1) is 0 Å². The molecule has 0 atom stereocenters. The zero-order valence-electron chi connectivity index (χ0n) is 13.1. The lowest BCUT2D eigenvalue weighted by atomic mass is 9.87. The van der Waals surface area contributed by atoms with E-state index in [1.807, 2.05) is 42.5 Å². The number of carbonyl (C=O) groups excluding carboxylic acids is 1. The van der Waals surface area contributed by atoms with Crippen molar-refractivity contribution >= 4 is 28.9 Å². The minimum Gasteiger partial charge on any atom is -0.375 e. The van der Waals surface area contributed by atoms with Gasteiger partial charge in [0.1, 0.15) is 0 Å². The summed E-state index contributed by atoms with van der Waals surface area (Å²) in [5.74, 6) is -0.108. The van der Waals surface area contributed by atoms with Crippen molar-refractivity contribution in [3.63, 3.8) is 0 Å². The van der Waals surface area contributed by atoms with Gasteiger partial charge in [-0.05, 0) is 35.2 Å². The summed E-state index contributed by atoms with van der Waals surface area (Å²) >= 11 is 6.03. The molecule has 0 fully saturated rings. The Hall–Kier alpha value is -2.00. The van der Waals surface area contributed by atoms with E-state index in [0.29, 0.717) is 5.02 Å². The SMILES string of the molecule is CC(C)(C)c1ccc(NC(=O)CNc2ccccc2Cl)cc1. The molecule has 0 aliphatic rings. The summed E-state index contributed by atoms with van der Waals surface area (Å²) in [6, 6.07) is 15.3. The van der Waals surface area contributed by atoms with E-state index in [0.717, 1.165) is 11.4 Å². The molecule has 0 spiro atoms. The number of anilines is 2. The van der Waals surface area contributed by atoms with Crippen molar-refractivity contribution in [3.05, 3.63) is 59.1 Å². The van der Waals surface area contributed by atoms with Crippen molar-refractivity contribution in [1.29, 1.82) is 0 Å². The van der Waals surface area contributed by atoms with E-state index in [4.69, 9.17) is 11.6 Å². The molecular formula is C18H21ClN2O. The van der Waals surface area contributed by atoms with Crippen LogP contribution < -0.4 is 10.6 Å². The third-order valence-corrected chi connectivity index (χ3v) is 3.68. The van der Waals surface area contributed by atoms with Crippen LogP contribution in [-0.2, 0) is 10.2 Å². The molecule has 116 valence electrons. The van der Waals surface area contributed by atoms with E-state index in [1.165, 1.54) is 5.56 Å². The Kier molecular flexibility index (Phi) is 5.09. The number of benzene rings is 2. The van der Waals surface area contributed by atoms with Gasteiger partial charge < -0.3 is 10.6 Å². The average molecular weight is 317 g/mol. The summed E-state index contributed by atoms with van der Waals surface area (Å²) in [5.41, 5.74) is 2.88. The Balaban J connectivity index is 1.91. The Morgan fingerprint density at radius 2 is 1.68 bits per heavy atom. The quantitative estimate of drug-likeness (QED) is 0.859. The summed E-state index contributed by atoms with van der Waals surface area (Å²) < 4.78 is 0. The maximum Gasteiger partial charge on any atom is 0.243 e. The van der Waals surface area contributed by atoms with Crippen LogP contribution >= 0.6 is 11.6 Å². The smallest absolute Gasteiger partial charge is 0.243 e. The predicted octanol–water partition coefficient (Wildman–Crippen LogP) is 4.69. The summed E-state index contributed by atoms with van der Waals surface area (Å²) in [6.45, 7) is 6.65. The van der Waals surface area contributed by atoms with Gasteiger partial charge in [0.2, 0.25) is 5.91 Å². The van der Waals surface area contributed by atoms with Crippen LogP contribution in [0.5, 0.6) is 0 Å². The van der Waals surface area contributed by atoms with Crippen molar-refractivity contribution in [2.24, 2.45) is 0 Å². The van der Waals surface area contributed by atoms with E-state index in [9.17, 15) is 4.79 Å². The normalized spacial score (nSPS) is 11.1. The van der Waals surface area contributed by atoms with Crippen LogP contribution in [0.15, 0.2) is 48.5 Å². The van der Waals surface area contributed by atoms with Crippen LogP contribution in [0.4, 0.5) is 11.4 Å². The van der Waals surface area contributed by atoms with Crippen LogP contribution in [0.1, 0.15) is 26.3 Å². The lowest BCUT2D eigenvalue weighted by Crippen LogP contribution is -2.22. The van der Waals surface area contributed by atoms with Gasteiger partial charge in [0.15, 0.2) is 0 Å². The molecule has 1 amide bonds. The zero-order chi connectivity index (χ0) is 16.2.